The Morgan fingerprint density at radius 3 is 1.05 bits per heavy atom. The van der Waals surface area contributed by atoms with Gasteiger partial charge in [-0.25, -0.2) is 0 Å². The molecule has 0 nitrogen and oxygen atoms in total. The van der Waals surface area contributed by atoms with Crippen LogP contribution in [-0.4, -0.2) is 0 Å². The minimum Gasteiger partial charge on any atom is -0.0812 e. The normalized spacial score (nSPS) is 10.9. The van der Waals surface area contributed by atoms with E-state index < -0.39 is 0 Å². The Labute approximate surface area is 149 Å². The van der Waals surface area contributed by atoms with Crippen LogP contribution in [0.15, 0.2) is 24.3 Å². The quantitative estimate of drug-likeness (QED) is 0.343. The summed E-state index contributed by atoms with van der Waals surface area (Å²) in [5.41, 5.74) is 11.3. The van der Waals surface area contributed by atoms with Gasteiger partial charge in [0, 0.05) is 8.86 Å². The van der Waals surface area contributed by atoms with Gasteiger partial charge in [-0.15, -0.1) is 0 Å². The van der Waals surface area contributed by atoms with Crippen LogP contribution >= 0.6 is 45.2 Å². The Morgan fingerprint density at radius 1 is 0.600 bits per heavy atom. The van der Waals surface area contributed by atoms with Crippen molar-refractivity contribution in [1.29, 1.82) is 0 Å². The van der Waals surface area contributed by atoms with Gasteiger partial charge >= 0.3 is 0 Å². The lowest BCUT2D eigenvalue weighted by Gasteiger charge is -2.14. The number of rotatable bonds is 3. The number of hydrogen-bond acceptors (Lipinski definition) is 0. The van der Waals surface area contributed by atoms with E-state index in [-0.39, 0.29) is 0 Å². The van der Waals surface area contributed by atoms with E-state index in [0.717, 1.165) is 8.86 Å². The van der Waals surface area contributed by atoms with Crippen LogP contribution in [0.25, 0.3) is 11.1 Å². The molecule has 0 fully saturated rings. The first-order valence-electron chi connectivity index (χ1n) is 6.80. The molecule has 0 radical (unpaired) electrons. The fraction of sp³-hybridized carbons (Fsp3) is 0.333. The molecule has 20 heavy (non-hydrogen) atoms. The van der Waals surface area contributed by atoms with Crippen molar-refractivity contribution in [2.75, 3.05) is 0 Å². The fourth-order valence-electron chi connectivity index (χ4n) is 2.74. The summed E-state index contributed by atoms with van der Waals surface area (Å²) in [5.74, 6) is 0. The highest BCUT2D eigenvalue weighted by molar-refractivity contribution is 14.1. The van der Waals surface area contributed by atoms with Crippen LogP contribution in [0.3, 0.4) is 0 Å². The van der Waals surface area contributed by atoms with Crippen molar-refractivity contribution in [3.05, 3.63) is 57.6 Å². The average Bonchev–Trinajstić information content (AvgIpc) is 2.37. The molecule has 0 aliphatic heterocycles. The molecule has 2 heteroatoms. The minimum absolute atomic E-state index is 1.08. The molecule has 2 aromatic carbocycles. The first-order valence-corrected chi connectivity index (χ1v) is 9.85. The number of aryl methyl sites for hydroxylation is 4. The van der Waals surface area contributed by atoms with Crippen molar-refractivity contribution in [3.63, 3.8) is 0 Å². The molecule has 0 atom stereocenters. The fourth-order valence-corrected chi connectivity index (χ4v) is 5.15. The maximum Gasteiger partial charge on any atom is 0.0252 e. The van der Waals surface area contributed by atoms with Gasteiger partial charge in [-0.1, -0.05) is 69.4 Å². The van der Waals surface area contributed by atoms with E-state index >= 15 is 0 Å². The first-order chi connectivity index (χ1) is 9.47. The number of alkyl halides is 2. The third kappa shape index (κ3) is 3.21. The van der Waals surface area contributed by atoms with Crippen molar-refractivity contribution in [1.82, 2.24) is 0 Å². The summed E-state index contributed by atoms with van der Waals surface area (Å²) < 4.78 is 2.17. The highest BCUT2D eigenvalue weighted by Gasteiger charge is 2.09. The van der Waals surface area contributed by atoms with Gasteiger partial charge in [0.2, 0.25) is 0 Å². The van der Waals surface area contributed by atoms with Crippen molar-refractivity contribution in [3.8, 4) is 11.1 Å². The Balaban J connectivity index is 2.58. The SMILES string of the molecule is Cc1cc(-c2cc(C)c(CI)c(C)c2)cc(C)c1CI. The second kappa shape index (κ2) is 6.77. The molecule has 0 N–H and O–H groups in total. The molecule has 0 spiro atoms. The van der Waals surface area contributed by atoms with E-state index in [0.29, 0.717) is 0 Å². The third-order valence-corrected chi connectivity index (χ3v) is 5.52. The van der Waals surface area contributed by atoms with Crippen LogP contribution in [0.2, 0.25) is 0 Å². The van der Waals surface area contributed by atoms with Crippen LogP contribution in [0.1, 0.15) is 33.4 Å². The van der Waals surface area contributed by atoms with E-state index in [9.17, 15) is 0 Å². The van der Waals surface area contributed by atoms with Gasteiger partial charge in [-0.3, -0.25) is 0 Å². The second-order valence-corrected chi connectivity index (χ2v) is 6.97. The van der Waals surface area contributed by atoms with Gasteiger partial charge in [0.1, 0.15) is 0 Å². The third-order valence-electron chi connectivity index (χ3n) is 3.99. The monoisotopic (exact) mass is 490 g/mol. The predicted molar refractivity (Wildman–Crippen MR) is 106 cm³/mol. The van der Waals surface area contributed by atoms with Crippen molar-refractivity contribution >= 4 is 45.2 Å². The van der Waals surface area contributed by atoms with E-state index in [1.54, 1.807) is 0 Å². The van der Waals surface area contributed by atoms with Crippen molar-refractivity contribution < 1.29 is 0 Å². The van der Waals surface area contributed by atoms with E-state index in [4.69, 9.17) is 0 Å². The van der Waals surface area contributed by atoms with E-state index in [1.165, 1.54) is 44.5 Å². The number of hydrogen-bond donors (Lipinski definition) is 0. The summed E-state index contributed by atoms with van der Waals surface area (Å²) >= 11 is 4.90. The van der Waals surface area contributed by atoms with Gasteiger partial charge in [-0.2, -0.15) is 0 Å². The largest absolute Gasteiger partial charge is 0.0812 e. The molecule has 0 heterocycles. The van der Waals surface area contributed by atoms with Crippen LogP contribution in [-0.2, 0) is 8.86 Å². The molecule has 0 unspecified atom stereocenters. The molecule has 0 saturated carbocycles. The van der Waals surface area contributed by atoms with Crippen LogP contribution in [0.5, 0.6) is 0 Å². The number of benzene rings is 2. The standard InChI is InChI=1S/C18H20I2/c1-11-5-15(6-12(2)17(11)9-19)16-7-13(3)18(10-20)14(4)8-16/h5-8H,9-10H2,1-4H3. The highest BCUT2D eigenvalue weighted by atomic mass is 127. The zero-order chi connectivity index (χ0) is 14.9. The van der Waals surface area contributed by atoms with Crippen LogP contribution in [0, 0.1) is 27.7 Å². The summed E-state index contributed by atoms with van der Waals surface area (Å²) in [6, 6.07) is 9.33. The van der Waals surface area contributed by atoms with Gasteiger partial charge in [0.05, 0.1) is 0 Å². The lowest BCUT2D eigenvalue weighted by molar-refractivity contribution is 1.24. The molecule has 0 aromatic heterocycles. The Hall–Kier alpha value is -0.100. The lowest BCUT2D eigenvalue weighted by Crippen LogP contribution is -1.95. The zero-order valence-corrected chi connectivity index (χ0v) is 16.8. The summed E-state index contributed by atoms with van der Waals surface area (Å²) in [6.07, 6.45) is 0. The Kier molecular flexibility index (Phi) is 5.51. The molecule has 0 bridgehead atoms. The smallest absolute Gasteiger partial charge is 0.0252 e. The molecule has 2 rings (SSSR count). The molecular formula is C18H20I2. The molecule has 106 valence electrons. The molecule has 0 amide bonds. The van der Waals surface area contributed by atoms with Gasteiger partial charge in [-0.05, 0) is 72.2 Å². The highest BCUT2D eigenvalue weighted by Crippen LogP contribution is 2.30. The molecule has 2 aromatic rings. The van der Waals surface area contributed by atoms with Crippen LogP contribution < -0.4 is 0 Å². The minimum atomic E-state index is 1.08. The zero-order valence-electron chi connectivity index (χ0n) is 12.5. The van der Waals surface area contributed by atoms with Crippen molar-refractivity contribution in [2.24, 2.45) is 0 Å². The van der Waals surface area contributed by atoms with Gasteiger partial charge < -0.3 is 0 Å². The van der Waals surface area contributed by atoms with Crippen LogP contribution in [0.4, 0.5) is 0 Å². The summed E-state index contributed by atoms with van der Waals surface area (Å²) in [6.45, 7) is 8.90. The lowest BCUT2D eigenvalue weighted by atomic mass is 9.93. The first kappa shape index (κ1) is 16.3. The summed E-state index contributed by atoms with van der Waals surface area (Å²) in [7, 11) is 0. The molecule has 0 aliphatic rings. The maximum atomic E-state index is 2.45. The van der Waals surface area contributed by atoms with E-state index in [2.05, 4.69) is 97.1 Å². The molecule has 0 saturated heterocycles. The van der Waals surface area contributed by atoms with Gasteiger partial charge in [0.15, 0.2) is 0 Å². The second-order valence-electron chi connectivity index (χ2n) is 5.44. The summed E-state index contributed by atoms with van der Waals surface area (Å²) in [4.78, 5) is 0. The van der Waals surface area contributed by atoms with Gasteiger partial charge in [0.25, 0.3) is 0 Å². The summed E-state index contributed by atoms with van der Waals surface area (Å²) in [5, 5.41) is 0. The number of halogens is 2. The Morgan fingerprint density at radius 2 is 0.850 bits per heavy atom. The molecule has 0 aliphatic carbocycles. The van der Waals surface area contributed by atoms with E-state index in [1.807, 2.05) is 0 Å². The average molecular weight is 490 g/mol. The Bertz CT molecular complexity index is 538. The molecular weight excluding hydrogens is 470 g/mol. The predicted octanol–water partition coefficient (Wildman–Crippen LogP) is 6.46. The topological polar surface area (TPSA) is 0 Å². The maximum absolute atomic E-state index is 2.45. The van der Waals surface area contributed by atoms with Crippen molar-refractivity contribution in [2.45, 2.75) is 36.6 Å².